The van der Waals surface area contributed by atoms with Crippen LogP contribution in [0, 0.1) is 23.7 Å². The maximum absolute atomic E-state index is 14.3. The average molecular weight is 783 g/mol. The fraction of sp³-hybridized carbons (Fsp3) is 0.650. The van der Waals surface area contributed by atoms with Crippen molar-refractivity contribution in [1.82, 2.24) is 18.4 Å². The monoisotopic (exact) mass is 782 g/mol. The Morgan fingerprint density at radius 3 is 1.28 bits per heavy atom. The van der Waals surface area contributed by atoms with Gasteiger partial charge in [0.05, 0.1) is 9.79 Å². The Labute approximate surface area is 322 Å². The standard InChI is InChI=1S/C40H58N6O6S2/c1-29-21-30(2)26-45(25-29)53(47,48)33-9-11-35-37(23-33)40(42-52-20-18-44-15-7-8-16-44)38-24-34(54(49,50)46-27-31(3)22-32(4)28-46)10-12-36(38)39(35)41-51-19-17-43-13-5-6-14-43/h9-12,23-24,29-32H,5-8,13-22,25-28H2,1-4H3. The van der Waals surface area contributed by atoms with Crippen LogP contribution < -0.4 is 0 Å². The molecule has 1 aliphatic carbocycles. The molecule has 2 aromatic rings. The van der Waals surface area contributed by atoms with Crippen LogP contribution in [0.1, 0.15) is 88.5 Å². The van der Waals surface area contributed by atoms with Crippen LogP contribution in [0.4, 0.5) is 0 Å². The lowest BCUT2D eigenvalue weighted by molar-refractivity contribution is 0.118. The molecule has 5 aliphatic rings. The largest absolute Gasteiger partial charge is 0.394 e. The second-order valence-electron chi connectivity index (χ2n) is 16.6. The molecular formula is C40H58N6O6S2. The van der Waals surface area contributed by atoms with E-state index in [0.29, 0.717) is 79.6 Å². The second kappa shape index (κ2) is 16.7. The van der Waals surface area contributed by atoms with E-state index in [-0.39, 0.29) is 33.5 Å². The first-order chi connectivity index (χ1) is 25.9. The Morgan fingerprint density at radius 1 is 0.556 bits per heavy atom. The maximum atomic E-state index is 14.3. The summed E-state index contributed by atoms with van der Waals surface area (Å²) in [5, 5.41) is 9.38. The van der Waals surface area contributed by atoms with Crippen molar-refractivity contribution < 1.29 is 26.5 Å². The minimum absolute atomic E-state index is 0.158. The van der Waals surface area contributed by atoms with Gasteiger partial charge in [0.2, 0.25) is 20.0 Å². The number of likely N-dealkylation sites (tertiary alicyclic amines) is 2. The molecule has 4 unspecified atom stereocenters. The molecule has 0 saturated carbocycles. The van der Waals surface area contributed by atoms with Gasteiger partial charge >= 0.3 is 0 Å². The fourth-order valence-corrected chi connectivity index (χ4v) is 12.5. The molecule has 14 heteroatoms. The van der Waals surface area contributed by atoms with Crippen LogP contribution in [-0.2, 0) is 29.7 Å². The molecule has 4 heterocycles. The van der Waals surface area contributed by atoms with Crippen molar-refractivity contribution in [1.29, 1.82) is 0 Å². The zero-order chi connectivity index (χ0) is 38.0. The van der Waals surface area contributed by atoms with E-state index in [9.17, 15) is 16.8 Å². The van der Waals surface area contributed by atoms with E-state index in [1.807, 2.05) is 0 Å². The number of piperidine rings is 2. The van der Waals surface area contributed by atoms with E-state index in [4.69, 9.17) is 14.8 Å². The molecule has 2 aromatic carbocycles. The molecule has 0 bridgehead atoms. The Morgan fingerprint density at radius 2 is 0.907 bits per heavy atom. The highest BCUT2D eigenvalue weighted by molar-refractivity contribution is 7.89. The van der Waals surface area contributed by atoms with Gasteiger partial charge in [0.25, 0.3) is 0 Å². The van der Waals surface area contributed by atoms with Crippen LogP contribution in [0.25, 0.3) is 0 Å². The minimum Gasteiger partial charge on any atom is -0.394 e. The summed E-state index contributed by atoms with van der Waals surface area (Å²) in [5.74, 6) is 0.988. The summed E-state index contributed by atoms with van der Waals surface area (Å²) < 4.78 is 60.2. The van der Waals surface area contributed by atoms with Gasteiger partial charge in [-0.1, -0.05) is 50.1 Å². The minimum atomic E-state index is -3.85. The highest BCUT2D eigenvalue weighted by Gasteiger charge is 2.37. The van der Waals surface area contributed by atoms with Gasteiger partial charge < -0.3 is 9.68 Å². The Bertz CT molecular complexity index is 1810. The van der Waals surface area contributed by atoms with Gasteiger partial charge in [-0.3, -0.25) is 9.80 Å². The van der Waals surface area contributed by atoms with Crippen molar-refractivity contribution in [3.05, 3.63) is 58.7 Å². The summed E-state index contributed by atoms with van der Waals surface area (Å²) in [6, 6.07) is 10.2. The van der Waals surface area contributed by atoms with E-state index >= 15 is 0 Å². The highest BCUT2D eigenvalue weighted by atomic mass is 32.2. The van der Waals surface area contributed by atoms with Gasteiger partial charge in [0, 0.05) is 61.5 Å². The lowest BCUT2D eigenvalue weighted by atomic mass is 9.83. The molecule has 0 spiro atoms. The van der Waals surface area contributed by atoms with Crippen molar-refractivity contribution in [2.45, 2.75) is 76.0 Å². The van der Waals surface area contributed by atoms with Crippen LogP contribution >= 0.6 is 0 Å². The Balaban J connectivity index is 1.31. The summed E-state index contributed by atoms with van der Waals surface area (Å²) in [5.41, 5.74) is 3.22. The molecule has 0 radical (unpaired) electrons. The molecule has 7 rings (SSSR count). The Hall–Kier alpha value is -2.88. The molecule has 0 amide bonds. The van der Waals surface area contributed by atoms with Crippen LogP contribution in [0.3, 0.4) is 0 Å². The van der Waals surface area contributed by atoms with Gasteiger partial charge in [-0.2, -0.15) is 8.61 Å². The third-order valence-corrected chi connectivity index (χ3v) is 15.3. The van der Waals surface area contributed by atoms with Crippen LogP contribution in [0.15, 0.2) is 56.5 Å². The number of hydrogen-bond donors (Lipinski definition) is 0. The first kappa shape index (κ1) is 39.4. The molecule has 4 atom stereocenters. The fourth-order valence-electron chi connectivity index (χ4n) is 9.13. The molecule has 4 fully saturated rings. The molecule has 54 heavy (non-hydrogen) atoms. The summed E-state index contributed by atoms with van der Waals surface area (Å²) >= 11 is 0. The predicted octanol–water partition coefficient (Wildman–Crippen LogP) is 5.06. The molecule has 4 aliphatic heterocycles. The van der Waals surface area contributed by atoms with E-state index in [0.717, 1.165) is 58.4 Å². The normalized spacial score (nSPS) is 26.1. The lowest BCUT2D eigenvalue weighted by Crippen LogP contribution is -2.42. The molecule has 0 aromatic heterocycles. The van der Waals surface area contributed by atoms with Crippen LogP contribution in [-0.4, -0.2) is 125 Å². The molecular weight excluding hydrogens is 725 g/mol. The van der Waals surface area contributed by atoms with Gasteiger partial charge in [-0.05, 0) is 113 Å². The SMILES string of the molecule is CC1CC(C)CN(S(=O)(=O)c2ccc3c(c2)C(=NOCCN2CCCC2)c2cc(S(=O)(=O)N4CC(C)CC(C)C4)ccc2C3=NOCCN2CCCC2)C1. The van der Waals surface area contributed by atoms with Crippen molar-refractivity contribution in [3.8, 4) is 0 Å². The zero-order valence-corrected chi connectivity index (χ0v) is 34.1. The number of benzene rings is 2. The third kappa shape index (κ3) is 8.58. The van der Waals surface area contributed by atoms with Gasteiger partial charge in [0.1, 0.15) is 24.6 Å². The second-order valence-corrected chi connectivity index (χ2v) is 20.5. The topological polar surface area (TPSA) is 124 Å². The summed E-state index contributed by atoms with van der Waals surface area (Å²) in [4.78, 5) is 17.0. The summed E-state index contributed by atoms with van der Waals surface area (Å²) in [6.45, 7) is 16.5. The molecule has 4 saturated heterocycles. The third-order valence-electron chi connectivity index (χ3n) is 11.7. The van der Waals surface area contributed by atoms with Crippen molar-refractivity contribution >= 4 is 31.5 Å². The van der Waals surface area contributed by atoms with Gasteiger partial charge in [-0.25, -0.2) is 16.8 Å². The number of nitrogens with zero attached hydrogens (tertiary/aromatic N) is 6. The van der Waals surface area contributed by atoms with Crippen LogP contribution in [0.5, 0.6) is 0 Å². The van der Waals surface area contributed by atoms with E-state index < -0.39 is 20.0 Å². The molecule has 0 N–H and O–H groups in total. The van der Waals surface area contributed by atoms with E-state index in [1.165, 1.54) is 12.8 Å². The van der Waals surface area contributed by atoms with E-state index in [2.05, 4.69) is 42.7 Å². The zero-order valence-electron chi connectivity index (χ0n) is 32.5. The first-order valence-corrected chi connectivity index (χ1v) is 22.9. The van der Waals surface area contributed by atoms with E-state index in [1.54, 1.807) is 45.0 Å². The number of rotatable bonds is 12. The first-order valence-electron chi connectivity index (χ1n) is 20.0. The quantitative estimate of drug-likeness (QED) is 0.185. The number of sulfonamides is 2. The van der Waals surface area contributed by atoms with Crippen molar-refractivity contribution in [3.63, 3.8) is 0 Å². The summed E-state index contributed by atoms with van der Waals surface area (Å²) in [7, 11) is -7.70. The molecule has 296 valence electrons. The number of hydrogen-bond acceptors (Lipinski definition) is 10. The predicted molar refractivity (Wildman–Crippen MR) is 211 cm³/mol. The smallest absolute Gasteiger partial charge is 0.243 e. The van der Waals surface area contributed by atoms with Gasteiger partial charge in [-0.15, -0.1) is 0 Å². The summed E-state index contributed by atoms with van der Waals surface area (Å²) in [6.07, 6.45) is 6.65. The average Bonchev–Trinajstić information content (AvgIpc) is 3.86. The van der Waals surface area contributed by atoms with Crippen molar-refractivity contribution in [2.75, 3.05) is 78.7 Å². The van der Waals surface area contributed by atoms with Gasteiger partial charge in [0.15, 0.2) is 0 Å². The lowest BCUT2D eigenvalue weighted by Gasteiger charge is -2.34. The molecule has 12 nitrogen and oxygen atoms in total. The Kier molecular flexibility index (Phi) is 12.2. The van der Waals surface area contributed by atoms with Crippen LogP contribution in [0.2, 0.25) is 0 Å². The number of fused-ring (bicyclic) bond motifs is 2. The van der Waals surface area contributed by atoms with Crippen molar-refractivity contribution in [2.24, 2.45) is 34.0 Å². The number of oxime groups is 2. The maximum Gasteiger partial charge on any atom is 0.243 e. The highest BCUT2D eigenvalue weighted by Crippen LogP contribution is 2.35.